The third kappa shape index (κ3) is 1.82. The van der Waals surface area contributed by atoms with Crippen molar-refractivity contribution in [3.05, 3.63) is 0 Å². The van der Waals surface area contributed by atoms with Crippen molar-refractivity contribution in [2.45, 2.75) is 39.2 Å². The van der Waals surface area contributed by atoms with E-state index in [4.69, 9.17) is 5.73 Å². The third-order valence-electron chi connectivity index (χ3n) is 4.57. The van der Waals surface area contributed by atoms with E-state index in [0.717, 1.165) is 30.3 Å². The zero-order chi connectivity index (χ0) is 10.1. The molecule has 2 fully saturated rings. The normalized spacial score (nSPS) is 40.9. The maximum absolute atomic E-state index is 5.70. The molecular weight excluding hydrogens is 172 g/mol. The van der Waals surface area contributed by atoms with Crippen LogP contribution in [0.5, 0.6) is 0 Å². The van der Waals surface area contributed by atoms with E-state index in [-0.39, 0.29) is 0 Å². The van der Waals surface area contributed by atoms with Crippen LogP contribution in [0.2, 0.25) is 0 Å². The van der Waals surface area contributed by atoms with Gasteiger partial charge in [0.1, 0.15) is 0 Å². The second-order valence-electron chi connectivity index (χ2n) is 5.35. The molecule has 2 rings (SSSR count). The van der Waals surface area contributed by atoms with Crippen LogP contribution >= 0.6 is 0 Å². The Morgan fingerprint density at radius 2 is 1.86 bits per heavy atom. The fraction of sp³-hybridized carbons (Fsp3) is 1.00. The molecule has 2 nitrogen and oxygen atoms in total. The fourth-order valence-electron chi connectivity index (χ4n) is 3.00. The lowest BCUT2D eigenvalue weighted by Gasteiger charge is -2.49. The third-order valence-corrected chi connectivity index (χ3v) is 4.57. The minimum Gasteiger partial charge on any atom is -0.330 e. The van der Waals surface area contributed by atoms with Gasteiger partial charge in [0.15, 0.2) is 0 Å². The summed E-state index contributed by atoms with van der Waals surface area (Å²) in [6.07, 6.45) is 4.08. The maximum Gasteiger partial charge on any atom is 0.0126 e. The number of nitrogens with zero attached hydrogens (tertiary/aromatic N) is 1. The van der Waals surface area contributed by atoms with E-state index in [1.165, 1.54) is 32.4 Å². The molecule has 3 atom stereocenters. The zero-order valence-electron chi connectivity index (χ0n) is 9.58. The van der Waals surface area contributed by atoms with E-state index in [1.54, 1.807) is 0 Å². The van der Waals surface area contributed by atoms with Crippen LogP contribution in [0.3, 0.4) is 0 Å². The number of hydrogen-bond donors (Lipinski definition) is 1. The number of hydrogen-bond acceptors (Lipinski definition) is 2. The summed E-state index contributed by atoms with van der Waals surface area (Å²) >= 11 is 0. The van der Waals surface area contributed by atoms with E-state index in [2.05, 4.69) is 18.7 Å². The summed E-state index contributed by atoms with van der Waals surface area (Å²) in [6.45, 7) is 8.28. The van der Waals surface area contributed by atoms with Crippen LogP contribution in [0.25, 0.3) is 0 Å². The van der Waals surface area contributed by atoms with Gasteiger partial charge in [-0.05, 0) is 56.7 Å². The maximum atomic E-state index is 5.70. The lowest BCUT2D eigenvalue weighted by Crippen LogP contribution is -2.53. The molecule has 0 radical (unpaired) electrons. The summed E-state index contributed by atoms with van der Waals surface area (Å²) in [6, 6.07) is 0.892. The van der Waals surface area contributed by atoms with Gasteiger partial charge in [0.25, 0.3) is 0 Å². The average molecular weight is 196 g/mol. The van der Waals surface area contributed by atoms with E-state index in [1.807, 2.05) is 0 Å². The predicted molar refractivity (Wildman–Crippen MR) is 60.1 cm³/mol. The van der Waals surface area contributed by atoms with Gasteiger partial charge in [-0.2, -0.15) is 0 Å². The van der Waals surface area contributed by atoms with Crippen LogP contribution in [0, 0.1) is 17.8 Å². The van der Waals surface area contributed by atoms with Crippen LogP contribution in [-0.2, 0) is 0 Å². The predicted octanol–water partition coefficient (Wildman–Crippen LogP) is 1.70. The minimum atomic E-state index is 0.805. The van der Waals surface area contributed by atoms with Crippen molar-refractivity contribution in [1.82, 2.24) is 4.90 Å². The van der Waals surface area contributed by atoms with E-state index >= 15 is 0 Å². The van der Waals surface area contributed by atoms with Gasteiger partial charge in [-0.15, -0.1) is 0 Å². The van der Waals surface area contributed by atoms with Gasteiger partial charge >= 0.3 is 0 Å². The van der Waals surface area contributed by atoms with E-state index < -0.39 is 0 Å². The van der Waals surface area contributed by atoms with Crippen LogP contribution in [0.4, 0.5) is 0 Å². The minimum absolute atomic E-state index is 0.805. The largest absolute Gasteiger partial charge is 0.330 e. The standard InChI is InChI=1S/C12H24N2/c1-9-7-12(10(9)2)14-5-3-11(8-13)4-6-14/h9-12H,3-8,13H2,1-2H3. The summed E-state index contributed by atoms with van der Waals surface area (Å²) in [4.78, 5) is 2.71. The molecule has 82 valence electrons. The van der Waals surface area contributed by atoms with Crippen molar-refractivity contribution in [3.63, 3.8) is 0 Å². The SMILES string of the molecule is CC1CC(N2CCC(CN)CC2)C1C. The molecule has 1 saturated heterocycles. The monoisotopic (exact) mass is 196 g/mol. The summed E-state index contributed by atoms with van der Waals surface area (Å²) in [7, 11) is 0. The number of rotatable bonds is 2. The Kier molecular flexibility index (Phi) is 3.13. The highest BCUT2D eigenvalue weighted by Gasteiger charge is 2.39. The molecule has 0 bridgehead atoms. The Hall–Kier alpha value is -0.0800. The van der Waals surface area contributed by atoms with Crippen molar-refractivity contribution in [2.24, 2.45) is 23.5 Å². The molecule has 0 amide bonds. The van der Waals surface area contributed by atoms with Crippen molar-refractivity contribution in [2.75, 3.05) is 19.6 Å². The van der Waals surface area contributed by atoms with Crippen molar-refractivity contribution >= 4 is 0 Å². The molecule has 0 spiro atoms. The van der Waals surface area contributed by atoms with Crippen molar-refractivity contribution in [3.8, 4) is 0 Å². The fourth-order valence-corrected chi connectivity index (χ4v) is 3.00. The molecular formula is C12H24N2. The summed E-state index contributed by atoms with van der Waals surface area (Å²) in [5.74, 6) is 2.68. The number of nitrogens with two attached hydrogens (primary N) is 1. The molecule has 14 heavy (non-hydrogen) atoms. The number of likely N-dealkylation sites (tertiary alicyclic amines) is 1. The highest BCUT2D eigenvalue weighted by atomic mass is 15.2. The molecule has 1 saturated carbocycles. The molecule has 1 aliphatic carbocycles. The van der Waals surface area contributed by atoms with Gasteiger partial charge in [-0.1, -0.05) is 13.8 Å². The smallest absolute Gasteiger partial charge is 0.0126 e. The molecule has 0 aromatic carbocycles. The highest BCUT2D eigenvalue weighted by Crippen LogP contribution is 2.38. The van der Waals surface area contributed by atoms with Crippen LogP contribution in [0.15, 0.2) is 0 Å². The Bertz CT molecular complexity index is 185. The Balaban J connectivity index is 1.79. The molecule has 1 heterocycles. The molecule has 2 N–H and O–H groups in total. The summed E-state index contributed by atoms with van der Waals surface area (Å²) in [5.41, 5.74) is 5.70. The lowest BCUT2D eigenvalue weighted by molar-refractivity contribution is 0.00310. The molecule has 3 unspecified atom stereocenters. The van der Waals surface area contributed by atoms with Gasteiger partial charge in [0, 0.05) is 6.04 Å². The van der Waals surface area contributed by atoms with E-state index in [9.17, 15) is 0 Å². The molecule has 0 aromatic rings. The molecule has 2 heteroatoms. The molecule has 1 aliphatic heterocycles. The summed E-state index contributed by atoms with van der Waals surface area (Å²) < 4.78 is 0. The van der Waals surface area contributed by atoms with Crippen LogP contribution in [0.1, 0.15) is 33.1 Å². The second-order valence-corrected chi connectivity index (χ2v) is 5.35. The van der Waals surface area contributed by atoms with Gasteiger partial charge in [0.05, 0.1) is 0 Å². The highest BCUT2D eigenvalue weighted by molar-refractivity contribution is 4.92. The molecule has 2 aliphatic rings. The summed E-state index contributed by atoms with van der Waals surface area (Å²) in [5, 5.41) is 0. The van der Waals surface area contributed by atoms with Crippen LogP contribution in [-0.4, -0.2) is 30.6 Å². The first-order valence-corrected chi connectivity index (χ1v) is 6.16. The van der Waals surface area contributed by atoms with Crippen molar-refractivity contribution in [1.29, 1.82) is 0 Å². The second kappa shape index (κ2) is 4.19. The van der Waals surface area contributed by atoms with Gasteiger partial charge in [-0.25, -0.2) is 0 Å². The van der Waals surface area contributed by atoms with E-state index in [0.29, 0.717) is 0 Å². The quantitative estimate of drug-likeness (QED) is 0.728. The number of piperidine rings is 1. The zero-order valence-corrected chi connectivity index (χ0v) is 9.58. The van der Waals surface area contributed by atoms with Gasteiger partial charge in [0.2, 0.25) is 0 Å². The average Bonchev–Trinajstić information content (AvgIpc) is 2.25. The van der Waals surface area contributed by atoms with Gasteiger partial charge in [-0.3, -0.25) is 0 Å². The first-order chi connectivity index (χ1) is 6.72. The topological polar surface area (TPSA) is 29.3 Å². The first-order valence-electron chi connectivity index (χ1n) is 6.16. The Morgan fingerprint density at radius 1 is 1.21 bits per heavy atom. The first kappa shape index (κ1) is 10.4. The Labute approximate surface area is 87.8 Å². The lowest BCUT2D eigenvalue weighted by atomic mass is 9.70. The van der Waals surface area contributed by atoms with Crippen molar-refractivity contribution < 1.29 is 0 Å². The Morgan fingerprint density at radius 3 is 2.29 bits per heavy atom. The van der Waals surface area contributed by atoms with Gasteiger partial charge < -0.3 is 10.6 Å². The van der Waals surface area contributed by atoms with Crippen LogP contribution < -0.4 is 5.73 Å². The molecule has 0 aromatic heterocycles.